The zero-order chi connectivity index (χ0) is 15.6. The summed E-state index contributed by atoms with van der Waals surface area (Å²) >= 11 is 1.49. The number of aromatic nitrogens is 1. The number of anilines is 1. The van der Waals surface area contributed by atoms with Gasteiger partial charge < -0.3 is 5.32 Å². The van der Waals surface area contributed by atoms with Gasteiger partial charge >= 0.3 is 6.03 Å². The zero-order valence-corrected chi connectivity index (χ0v) is 13.4. The Balaban J connectivity index is 1.48. The number of nitrogens with one attached hydrogen (secondary N) is 2. The number of para-hydroxylation sites is 1. The number of fused-ring (bicyclic) bond motifs is 2. The van der Waals surface area contributed by atoms with Gasteiger partial charge in [-0.05, 0) is 42.5 Å². The molecular weight excluding hydrogens is 306 g/mol. The Morgan fingerprint density at radius 1 is 1.13 bits per heavy atom. The Labute approximate surface area is 138 Å². The van der Waals surface area contributed by atoms with Crippen LogP contribution in [0.4, 0.5) is 9.93 Å². The highest BCUT2D eigenvalue weighted by molar-refractivity contribution is 7.22. The molecule has 23 heavy (non-hydrogen) atoms. The first kappa shape index (κ1) is 14.2. The van der Waals surface area contributed by atoms with Crippen molar-refractivity contribution in [3.05, 3.63) is 59.7 Å². The monoisotopic (exact) mass is 323 g/mol. The van der Waals surface area contributed by atoms with Gasteiger partial charge in [0.2, 0.25) is 0 Å². The minimum Gasteiger partial charge on any atom is -0.331 e. The zero-order valence-electron chi connectivity index (χ0n) is 12.6. The van der Waals surface area contributed by atoms with Crippen LogP contribution >= 0.6 is 11.3 Å². The molecule has 1 atom stereocenters. The third-order valence-corrected chi connectivity index (χ3v) is 5.14. The largest absolute Gasteiger partial charge is 0.331 e. The molecule has 0 spiro atoms. The van der Waals surface area contributed by atoms with Crippen LogP contribution in [0.1, 0.15) is 30.0 Å². The highest BCUT2D eigenvalue weighted by Gasteiger charge is 2.21. The lowest BCUT2D eigenvalue weighted by atomic mass is 9.88. The van der Waals surface area contributed by atoms with E-state index in [0.29, 0.717) is 5.13 Å². The van der Waals surface area contributed by atoms with E-state index in [0.717, 1.165) is 29.5 Å². The first-order valence-electron chi connectivity index (χ1n) is 7.80. The van der Waals surface area contributed by atoms with Crippen molar-refractivity contribution in [2.75, 3.05) is 5.32 Å². The summed E-state index contributed by atoms with van der Waals surface area (Å²) in [7, 11) is 0. The Kier molecular flexibility index (Phi) is 3.71. The maximum Gasteiger partial charge on any atom is 0.321 e. The third kappa shape index (κ3) is 2.92. The predicted octanol–water partition coefficient (Wildman–Crippen LogP) is 4.50. The van der Waals surface area contributed by atoms with Crippen molar-refractivity contribution in [2.24, 2.45) is 0 Å². The van der Waals surface area contributed by atoms with E-state index in [1.165, 1.54) is 22.5 Å². The van der Waals surface area contributed by atoms with E-state index >= 15 is 0 Å². The smallest absolute Gasteiger partial charge is 0.321 e. The molecule has 2 aromatic carbocycles. The normalized spacial score (nSPS) is 16.8. The molecule has 1 heterocycles. The fourth-order valence-corrected chi connectivity index (χ4v) is 3.98. The van der Waals surface area contributed by atoms with Crippen LogP contribution in [-0.4, -0.2) is 11.0 Å². The highest BCUT2D eigenvalue weighted by atomic mass is 32.1. The molecule has 2 N–H and O–H groups in total. The molecule has 1 aliphatic rings. The van der Waals surface area contributed by atoms with E-state index in [-0.39, 0.29) is 12.1 Å². The van der Waals surface area contributed by atoms with Crippen LogP contribution < -0.4 is 10.6 Å². The molecule has 0 saturated heterocycles. The van der Waals surface area contributed by atoms with Crippen LogP contribution in [0, 0.1) is 0 Å². The lowest BCUT2D eigenvalue weighted by Crippen LogP contribution is -2.34. The molecule has 5 heteroatoms. The second-order valence-electron chi connectivity index (χ2n) is 5.73. The highest BCUT2D eigenvalue weighted by Crippen LogP contribution is 2.30. The number of hydrogen-bond donors (Lipinski definition) is 2. The van der Waals surface area contributed by atoms with Gasteiger partial charge in [-0.2, -0.15) is 0 Å². The number of thiazole rings is 1. The number of amides is 2. The molecule has 0 bridgehead atoms. The number of rotatable bonds is 2. The van der Waals surface area contributed by atoms with Crippen molar-refractivity contribution < 1.29 is 4.79 Å². The maximum absolute atomic E-state index is 12.3. The number of carbonyl (C=O) groups excluding carboxylic acids is 1. The molecule has 1 unspecified atom stereocenters. The van der Waals surface area contributed by atoms with Gasteiger partial charge in [-0.3, -0.25) is 5.32 Å². The second kappa shape index (κ2) is 6.01. The molecule has 4 rings (SSSR count). The fourth-order valence-electron chi connectivity index (χ4n) is 3.12. The molecule has 1 aromatic heterocycles. The van der Waals surface area contributed by atoms with Crippen LogP contribution in [0.5, 0.6) is 0 Å². The van der Waals surface area contributed by atoms with Crippen LogP contribution in [-0.2, 0) is 6.42 Å². The summed E-state index contributed by atoms with van der Waals surface area (Å²) in [5, 5.41) is 6.58. The quantitative estimate of drug-likeness (QED) is 0.730. The van der Waals surface area contributed by atoms with Crippen molar-refractivity contribution in [3.63, 3.8) is 0 Å². The number of hydrogen-bond acceptors (Lipinski definition) is 3. The van der Waals surface area contributed by atoms with E-state index in [1.54, 1.807) is 0 Å². The summed E-state index contributed by atoms with van der Waals surface area (Å²) in [5.41, 5.74) is 3.48. The summed E-state index contributed by atoms with van der Waals surface area (Å²) in [4.78, 5) is 16.7. The standard InChI is InChI=1S/C18H17N3OS/c22-17(21-18-20-15-9-3-4-11-16(15)23-18)19-14-10-5-7-12-6-1-2-8-13(12)14/h1-4,6,8-9,11,14H,5,7,10H2,(H2,19,20,21,22). The molecule has 1 aliphatic carbocycles. The summed E-state index contributed by atoms with van der Waals surface area (Å²) in [6, 6.07) is 16.1. The average Bonchev–Trinajstić information content (AvgIpc) is 2.97. The number of carbonyl (C=O) groups is 1. The van der Waals surface area contributed by atoms with Gasteiger partial charge in [-0.1, -0.05) is 47.7 Å². The molecule has 0 radical (unpaired) electrons. The lowest BCUT2D eigenvalue weighted by Gasteiger charge is -2.26. The molecule has 0 fully saturated rings. The molecule has 116 valence electrons. The lowest BCUT2D eigenvalue weighted by molar-refractivity contribution is 0.247. The van der Waals surface area contributed by atoms with Gasteiger partial charge in [-0.25, -0.2) is 9.78 Å². The van der Waals surface area contributed by atoms with E-state index in [1.807, 2.05) is 30.3 Å². The van der Waals surface area contributed by atoms with E-state index in [2.05, 4.69) is 33.8 Å². The number of benzene rings is 2. The number of aryl methyl sites for hydroxylation is 1. The number of urea groups is 1. The molecule has 0 aliphatic heterocycles. The van der Waals surface area contributed by atoms with Crippen molar-refractivity contribution in [2.45, 2.75) is 25.3 Å². The Morgan fingerprint density at radius 3 is 2.87 bits per heavy atom. The summed E-state index contributed by atoms with van der Waals surface area (Å²) < 4.78 is 1.07. The SMILES string of the molecule is O=C(Nc1nc2ccccc2s1)NC1CCCc2ccccc21. The van der Waals surface area contributed by atoms with Crippen LogP contribution in [0.2, 0.25) is 0 Å². The third-order valence-electron chi connectivity index (χ3n) is 4.19. The predicted molar refractivity (Wildman–Crippen MR) is 93.9 cm³/mol. The topological polar surface area (TPSA) is 54.0 Å². The molecule has 3 aromatic rings. The van der Waals surface area contributed by atoms with Crippen molar-refractivity contribution in [1.29, 1.82) is 0 Å². The molecular formula is C18H17N3OS. The van der Waals surface area contributed by atoms with Crippen LogP contribution in [0.3, 0.4) is 0 Å². The van der Waals surface area contributed by atoms with Gasteiger partial charge in [0.1, 0.15) is 0 Å². The average molecular weight is 323 g/mol. The first-order valence-corrected chi connectivity index (χ1v) is 8.62. The number of nitrogens with zero attached hydrogens (tertiary/aromatic N) is 1. The van der Waals surface area contributed by atoms with Gasteiger partial charge in [0.25, 0.3) is 0 Å². The Morgan fingerprint density at radius 2 is 1.96 bits per heavy atom. The summed E-state index contributed by atoms with van der Waals surface area (Å²) in [6.45, 7) is 0. The van der Waals surface area contributed by atoms with Crippen molar-refractivity contribution in [1.82, 2.24) is 10.3 Å². The van der Waals surface area contributed by atoms with Crippen molar-refractivity contribution >= 4 is 32.7 Å². The summed E-state index contributed by atoms with van der Waals surface area (Å²) in [5.74, 6) is 0. The molecule has 0 saturated carbocycles. The maximum atomic E-state index is 12.3. The second-order valence-corrected chi connectivity index (χ2v) is 6.76. The van der Waals surface area contributed by atoms with Gasteiger partial charge in [0, 0.05) is 0 Å². The van der Waals surface area contributed by atoms with Crippen molar-refractivity contribution in [3.8, 4) is 0 Å². The van der Waals surface area contributed by atoms with E-state index in [9.17, 15) is 4.79 Å². The van der Waals surface area contributed by atoms with Gasteiger partial charge in [0.05, 0.1) is 16.3 Å². The van der Waals surface area contributed by atoms with E-state index < -0.39 is 0 Å². The first-order chi connectivity index (χ1) is 11.3. The van der Waals surface area contributed by atoms with Gasteiger partial charge in [0.15, 0.2) is 5.13 Å². The Bertz CT molecular complexity index is 825. The van der Waals surface area contributed by atoms with Crippen LogP contribution in [0.25, 0.3) is 10.2 Å². The van der Waals surface area contributed by atoms with Gasteiger partial charge in [-0.15, -0.1) is 0 Å². The minimum atomic E-state index is -0.189. The Hall–Kier alpha value is -2.40. The van der Waals surface area contributed by atoms with Crippen LogP contribution in [0.15, 0.2) is 48.5 Å². The minimum absolute atomic E-state index is 0.0781. The molecule has 2 amide bonds. The van der Waals surface area contributed by atoms with E-state index in [4.69, 9.17) is 0 Å². The summed E-state index contributed by atoms with van der Waals surface area (Å²) in [6.07, 6.45) is 3.17. The fraction of sp³-hybridized carbons (Fsp3) is 0.222. The molecule has 4 nitrogen and oxygen atoms in total.